The molecule has 1 aromatic carbocycles. The molecule has 0 atom stereocenters. The first kappa shape index (κ1) is 10.1. The van der Waals surface area contributed by atoms with Gasteiger partial charge < -0.3 is 5.32 Å². The number of nitrogens with one attached hydrogen (secondary N) is 1. The molecule has 0 aliphatic heterocycles. The standard InChI is InChI=1S/C9H9F2NS/c10-8(11)6-9(13)12-7-4-2-1-3-5-7/h1-5,8H,6H2,(H,12,13). The zero-order valence-electron chi connectivity index (χ0n) is 6.84. The van der Waals surface area contributed by atoms with Crippen molar-refractivity contribution in [1.29, 1.82) is 0 Å². The molecular formula is C9H9F2NS. The Bertz CT molecular complexity index is 274. The van der Waals surface area contributed by atoms with Crippen LogP contribution in [0.25, 0.3) is 0 Å². The minimum atomic E-state index is -2.39. The third kappa shape index (κ3) is 3.94. The molecule has 0 amide bonds. The molecule has 0 aliphatic rings. The molecule has 13 heavy (non-hydrogen) atoms. The van der Waals surface area contributed by atoms with Crippen molar-refractivity contribution in [3.8, 4) is 0 Å². The van der Waals surface area contributed by atoms with Crippen molar-refractivity contribution in [2.75, 3.05) is 5.32 Å². The molecule has 0 fully saturated rings. The first-order chi connectivity index (χ1) is 6.18. The number of alkyl halides is 2. The average molecular weight is 201 g/mol. The maximum Gasteiger partial charge on any atom is 0.244 e. The summed E-state index contributed by atoms with van der Waals surface area (Å²) in [5.74, 6) is 0. The Kier molecular flexibility index (Phi) is 3.76. The van der Waals surface area contributed by atoms with Gasteiger partial charge in [-0.3, -0.25) is 0 Å². The van der Waals surface area contributed by atoms with E-state index in [0.29, 0.717) is 0 Å². The molecule has 1 nitrogen and oxygen atoms in total. The Labute approximate surface area is 80.8 Å². The van der Waals surface area contributed by atoms with Gasteiger partial charge >= 0.3 is 0 Å². The molecule has 1 aromatic rings. The summed E-state index contributed by atoms with van der Waals surface area (Å²) in [6.07, 6.45) is -2.77. The van der Waals surface area contributed by atoms with Gasteiger partial charge in [-0.05, 0) is 12.1 Å². The molecule has 1 N–H and O–H groups in total. The van der Waals surface area contributed by atoms with Crippen LogP contribution in [0.4, 0.5) is 14.5 Å². The lowest BCUT2D eigenvalue weighted by Gasteiger charge is -2.06. The van der Waals surface area contributed by atoms with Gasteiger partial charge in [0.25, 0.3) is 0 Å². The number of benzene rings is 1. The molecule has 0 radical (unpaired) electrons. The summed E-state index contributed by atoms with van der Waals surface area (Å²) >= 11 is 4.72. The van der Waals surface area contributed by atoms with Crippen molar-refractivity contribution in [3.05, 3.63) is 30.3 Å². The maximum atomic E-state index is 11.9. The molecule has 0 aliphatic carbocycles. The highest BCUT2D eigenvalue weighted by Crippen LogP contribution is 2.08. The second-order valence-electron chi connectivity index (χ2n) is 2.51. The van der Waals surface area contributed by atoms with E-state index in [4.69, 9.17) is 12.2 Å². The fourth-order valence-corrected chi connectivity index (χ4v) is 1.12. The van der Waals surface area contributed by atoms with Gasteiger partial charge in [0.05, 0.1) is 11.4 Å². The van der Waals surface area contributed by atoms with E-state index < -0.39 is 6.43 Å². The molecule has 0 saturated carbocycles. The quantitative estimate of drug-likeness (QED) is 0.754. The van der Waals surface area contributed by atoms with Crippen LogP contribution < -0.4 is 5.32 Å². The second-order valence-corrected chi connectivity index (χ2v) is 3.00. The van der Waals surface area contributed by atoms with Crippen LogP contribution >= 0.6 is 12.2 Å². The van der Waals surface area contributed by atoms with Gasteiger partial charge in [-0.1, -0.05) is 30.4 Å². The molecule has 1 rings (SSSR count). The summed E-state index contributed by atoms with van der Waals surface area (Å²) in [4.78, 5) is 0.168. The Morgan fingerprint density at radius 2 is 1.92 bits per heavy atom. The molecular weight excluding hydrogens is 192 g/mol. The lowest BCUT2D eigenvalue weighted by atomic mass is 10.3. The topological polar surface area (TPSA) is 12.0 Å². The molecule has 0 heterocycles. The summed E-state index contributed by atoms with van der Waals surface area (Å²) in [5, 5.41) is 2.72. The van der Waals surface area contributed by atoms with E-state index in [-0.39, 0.29) is 11.4 Å². The van der Waals surface area contributed by atoms with E-state index in [1.54, 1.807) is 12.1 Å². The monoisotopic (exact) mass is 201 g/mol. The van der Waals surface area contributed by atoms with Gasteiger partial charge in [-0.25, -0.2) is 8.78 Å². The van der Waals surface area contributed by atoms with Crippen molar-refractivity contribution in [3.63, 3.8) is 0 Å². The lowest BCUT2D eigenvalue weighted by molar-refractivity contribution is 0.158. The minimum Gasteiger partial charge on any atom is -0.350 e. The Balaban J connectivity index is 2.46. The van der Waals surface area contributed by atoms with Crippen LogP contribution in [-0.4, -0.2) is 11.4 Å². The number of anilines is 1. The van der Waals surface area contributed by atoms with E-state index in [2.05, 4.69) is 5.32 Å². The average Bonchev–Trinajstić information content (AvgIpc) is 2.04. The summed E-state index contributed by atoms with van der Waals surface area (Å²) < 4.78 is 23.7. The van der Waals surface area contributed by atoms with E-state index >= 15 is 0 Å². The molecule has 0 bridgehead atoms. The summed E-state index contributed by atoms with van der Waals surface area (Å²) in [5.41, 5.74) is 0.744. The van der Waals surface area contributed by atoms with Crippen molar-refractivity contribution in [2.45, 2.75) is 12.8 Å². The zero-order valence-corrected chi connectivity index (χ0v) is 7.65. The van der Waals surface area contributed by atoms with Gasteiger partial charge in [0, 0.05) is 5.69 Å². The molecule has 70 valence electrons. The number of hydrogen-bond acceptors (Lipinski definition) is 1. The number of hydrogen-bond donors (Lipinski definition) is 1. The third-order valence-corrected chi connectivity index (χ3v) is 1.67. The lowest BCUT2D eigenvalue weighted by Crippen LogP contribution is -2.12. The van der Waals surface area contributed by atoms with Gasteiger partial charge in [-0.2, -0.15) is 0 Å². The number of thiocarbonyl (C=S) groups is 1. The largest absolute Gasteiger partial charge is 0.350 e. The predicted octanol–water partition coefficient (Wildman–Crippen LogP) is 3.08. The summed E-state index contributed by atoms with van der Waals surface area (Å²) in [6, 6.07) is 9.03. The van der Waals surface area contributed by atoms with Crippen molar-refractivity contribution in [2.24, 2.45) is 0 Å². The Morgan fingerprint density at radius 3 is 2.46 bits per heavy atom. The van der Waals surface area contributed by atoms with Crippen LogP contribution in [0.5, 0.6) is 0 Å². The molecule has 0 aromatic heterocycles. The summed E-state index contributed by atoms with van der Waals surface area (Å²) in [6.45, 7) is 0. The highest BCUT2D eigenvalue weighted by atomic mass is 32.1. The van der Waals surface area contributed by atoms with E-state index in [1.165, 1.54) is 0 Å². The summed E-state index contributed by atoms with van der Waals surface area (Å²) in [7, 11) is 0. The fraction of sp³-hybridized carbons (Fsp3) is 0.222. The minimum absolute atomic E-state index is 0.168. The van der Waals surface area contributed by atoms with Crippen LogP contribution in [0.2, 0.25) is 0 Å². The highest BCUT2D eigenvalue weighted by molar-refractivity contribution is 7.80. The van der Waals surface area contributed by atoms with Crippen LogP contribution in [0.1, 0.15) is 6.42 Å². The Hall–Kier alpha value is -1.03. The second kappa shape index (κ2) is 4.87. The first-order valence-electron chi connectivity index (χ1n) is 3.81. The first-order valence-corrected chi connectivity index (χ1v) is 4.22. The van der Waals surface area contributed by atoms with Gasteiger partial charge in [0.1, 0.15) is 0 Å². The predicted molar refractivity (Wildman–Crippen MR) is 53.3 cm³/mol. The molecule has 0 saturated heterocycles. The number of rotatable bonds is 3. The molecule has 0 spiro atoms. The van der Waals surface area contributed by atoms with Crippen LogP contribution in [0.3, 0.4) is 0 Å². The Morgan fingerprint density at radius 1 is 1.31 bits per heavy atom. The number of halogens is 2. The van der Waals surface area contributed by atoms with Crippen LogP contribution in [-0.2, 0) is 0 Å². The van der Waals surface area contributed by atoms with Crippen molar-refractivity contribution < 1.29 is 8.78 Å². The SMILES string of the molecule is FC(F)CC(=S)Nc1ccccc1. The van der Waals surface area contributed by atoms with Crippen LogP contribution in [0, 0.1) is 0 Å². The molecule has 4 heteroatoms. The maximum absolute atomic E-state index is 11.9. The normalized spacial score (nSPS) is 10.1. The highest BCUT2D eigenvalue weighted by Gasteiger charge is 2.06. The van der Waals surface area contributed by atoms with Gasteiger partial charge in [0.15, 0.2) is 0 Å². The van der Waals surface area contributed by atoms with Gasteiger partial charge in [0.2, 0.25) is 6.43 Å². The van der Waals surface area contributed by atoms with Gasteiger partial charge in [-0.15, -0.1) is 0 Å². The van der Waals surface area contributed by atoms with Crippen molar-refractivity contribution >= 4 is 22.9 Å². The van der Waals surface area contributed by atoms with E-state index in [1.807, 2.05) is 18.2 Å². The van der Waals surface area contributed by atoms with E-state index in [9.17, 15) is 8.78 Å². The molecule has 0 unspecified atom stereocenters. The van der Waals surface area contributed by atoms with Crippen LogP contribution in [0.15, 0.2) is 30.3 Å². The number of para-hydroxylation sites is 1. The fourth-order valence-electron chi connectivity index (χ4n) is 0.874. The van der Waals surface area contributed by atoms with Crippen molar-refractivity contribution in [1.82, 2.24) is 0 Å². The van der Waals surface area contributed by atoms with E-state index in [0.717, 1.165) is 5.69 Å². The smallest absolute Gasteiger partial charge is 0.244 e. The third-order valence-electron chi connectivity index (χ3n) is 1.40. The zero-order chi connectivity index (χ0) is 9.68.